The Labute approximate surface area is 173 Å². The first-order chi connectivity index (χ1) is 13.3. The molecule has 28 heavy (non-hydrogen) atoms. The fraction of sp³-hybridized carbons (Fsp3) is 0.263. The first-order valence-corrected chi connectivity index (χ1v) is 11.8. The number of para-hydroxylation sites is 2. The normalized spacial score (nSPS) is 11.6. The van der Waals surface area contributed by atoms with E-state index in [4.69, 9.17) is 11.6 Å². The molecule has 0 spiro atoms. The van der Waals surface area contributed by atoms with Gasteiger partial charge < -0.3 is 9.47 Å². The zero-order valence-electron chi connectivity index (χ0n) is 15.3. The van der Waals surface area contributed by atoms with Gasteiger partial charge in [0.1, 0.15) is 18.1 Å². The molecule has 0 saturated carbocycles. The number of benzene rings is 1. The molecule has 0 aliphatic carbocycles. The summed E-state index contributed by atoms with van der Waals surface area (Å²) in [5.41, 5.74) is 1.39. The summed E-state index contributed by atoms with van der Waals surface area (Å²) in [6.45, 7) is 4.52. The van der Waals surface area contributed by atoms with Crippen LogP contribution in [0.2, 0.25) is 4.34 Å². The highest BCUT2D eigenvalue weighted by Gasteiger charge is 2.20. The van der Waals surface area contributed by atoms with Gasteiger partial charge in [-0.05, 0) is 24.3 Å². The first kappa shape index (κ1) is 20.6. The highest BCUT2D eigenvalue weighted by molar-refractivity contribution is 7.89. The van der Waals surface area contributed by atoms with E-state index >= 15 is 0 Å². The lowest BCUT2D eigenvalue weighted by atomic mass is 10.3. The maximum Gasteiger partial charge on any atom is 0.243 e. The molecule has 1 aromatic carbocycles. The van der Waals surface area contributed by atoms with E-state index < -0.39 is 9.84 Å². The van der Waals surface area contributed by atoms with Crippen molar-refractivity contribution in [3.05, 3.63) is 64.1 Å². The zero-order chi connectivity index (χ0) is 20.3. The number of amides is 1. The maximum absolute atomic E-state index is 13.0. The SMILES string of the molecule is C=CCN(Cc1ccc(Cl)s1)C(=O)Cn1c(CS(C)(=O)=O)nc2ccccc21. The van der Waals surface area contributed by atoms with Gasteiger partial charge in [0, 0.05) is 17.7 Å². The Morgan fingerprint density at radius 3 is 2.71 bits per heavy atom. The average Bonchev–Trinajstić information content (AvgIpc) is 3.17. The summed E-state index contributed by atoms with van der Waals surface area (Å²) in [6, 6.07) is 11.0. The summed E-state index contributed by atoms with van der Waals surface area (Å²) >= 11 is 7.41. The van der Waals surface area contributed by atoms with Crippen LogP contribution >= 0.6 is 22.9 Å². The topological polar surface area (TPSA) is 72.3 Å². The number of nitrogens with zero attached hydrogens (tertiary/aromatic N) is 3. The molecule has 0 radical (unpaired) electrons. The van der Waals surface area contributed by atoms with E-state index in [0.29, 0.717) is 28.8 Å². The summed E-state index contributed by atoms with van der Waals surface area (Å²) in [4.78, 5) is 20.1. The van der Waals surface area contributed by atoms with Crippen molar-refractivity contribution in [3.8, 4) is 0 Å². The van der Waals surface area contributed by atoms with E-state index in [1.54, 1.807) is 27.7 Å². The van der Waals surface area contributed by atoms with Crippen LogP contribution in [0.3, 0.4) is 0 Å². The molecule has 0 aliphatic rings. The Kier molecular flexibility index (Phi) is 6.22. The summed E-state index contributed by atoms with van der Waals surface area (Å²) in [5, 5.41) is 0. The molecule has 0 N–H and O–H groups in total. The number of carbonyl (C=O) groups excluding carboxylic acids is 1. The van der Waals surface area contributed by atoms with Crippen molar-refractivity contribution in [2.75, 3.05) is 12.8 Å². The number of aromatic nitrogens is 2. The van der Waals surface area contributed by atoms with Crippen molar-refractivity contribution in [1.82, 2.24) is 14.5 Å². The molecule has 0 bridgehead atoms. The molecule has 0 unspecified atom stereocenters. The van der Waals surface area contributed by atoms with Crippen molar-refractivity contribution in [1.29, 1.82) is 0 Å². The van der Waals surface area contributed by atoms with E-state index in [9.17, 15) is 13.2 Å². The number of hydrogen-bond acceptors (Lipinski definition) is 5. The summed E-state index contributed by atoms with van der Waals surface area (Å²) in [7, 11) is -3.30. The predicted molar refractivity (Wildman–Crippen MR) is 113 cm³/mol. The van der Waals surface area contributed by atoms with E-state index in [2.05, 4.69) is 11.6 Å². The molecule has 3 rings (SSSR count). The molecule has 148 valence electrons. The Morgan fingerprint density at radius 2 is 2.07 bits per heavy atom. The van der Waals surface area contributed by atoms with Gasteiger partial charge in [-0.15, -0.1) is 17.9 Å². The van der Waals surface area contributed by atoms with Crippen molar-refractivity contribution < 1.29 is 13.2 Å². The van der Waals surface area contributed by atoms with Gasteiger partial charge >= 0.3 is 0 Å². The molecule has 3 aromatic rings. The third-order valence-corrected chi connectivity index (χ3v) is 6.09. The fourth-order valence-corrected chi connectivity index (χ4v) is 4.71. The van der Waals surface area contributed by atoms with Crippen LogP contribution in [0.1, 0.15) is 10.7 Å². The van der Waals surface area contributed by atoms with Crippen LogP contribution in [0.5, 0.6) is 0 Å². The van der Waals surface area contributed by atoms with Crippen LogP contribution < -0.4 is 0 Å². The van der Waals surface area contributed by atoms with E-state index in [1.807, 2.05) is 24.3 Å². The number of imidazole rings is 1. The minimum atomic E-state index is -3.30. The van der Waals surface area contributed by atoms with Gasteiger partial charge in [0.2, 0.25) is 5.91 Å². The third-order valence-electron chi connectivity index (χ3n) is 4.10. The minimum Gasteiger partial charge on any atom is -0.332 e. The monoisotopic (exact) mass is 437 g/mol. The lowest BCUT2D eigenvalue weighted by Crippen LogP contribution is -2.33. The molecule has 1 amide bonds. The number of halogens is 1. The minimum absolute atomic E-state index is 0.00167. The number of carbonyl (C=O) groups is 1. The summed E-state index contributed by atoms with van der Waals surface area (Å²) in [6.07, 6.45) is 2.82. The molecule has 0 atom stereocenters. The van der Waals surface area contributed by atoms with Crippen LogP contribution in [0, 0.1) is 0 Å². The number of fused-ring (bicyclic) bond motifs is 1. The van der Waals surface area contributed by atoms with Crippen LogP contribution in [0.4, 0.5) is 0 Å². The molecule has 2 heterocycles. The van der Waals surface area contributed by atoms with Gasteiger partial charge in [-0.2, -0.15) is 0 Å². The highest BCUT2D eigenvalue weighted by Crippen LogP contribution is 2.23. The van der Waals surface area contributed by atoms with Gasteiger partial charge in [0.25, 0.3) is 0 Å². The summed E-state index contributed by atoms with van der Waals surface area (Å²) in [5.74, 6) is -0.0196. The smallest absolute Gasteiger partial charge is 0.243 e. The van der Waals surface area contributed by atoms with E-state index in [1.165, 1.54) is 11.3 Å². The molecule has 0 aliphatic heterocycles. The Morgan fingerprint density at radius 1 is 1.32 bits per heavy atom. The first-order valence-electron chi connectivity index (χ1n) is 8.51. The van der Waals surface area contributed by atoms with Gasteiger partial charge in [-0.3, -0.25) is 4.79 Å². The molecule has 9 heteroatoms. The quantitative estimate of drug-likeness (QED) is 0.505. The lowest BCUT2D eigenvalue weighted by Gasteiger charge is -2.21. The van der Waals surface area contributed by atoms with Crippen molar-refractivity contribution in [2.24, 2.45) is 0 Å². The van der Waals surface area contributed by atoms with Gasteiger partial charge in [0.05, 0.1) is 21.9 Å². The van der Waals surface area contributed by atoms with Crippen LogP contribution in [-0.4, -0.2) is 41.6 Å². The Balaban J connectivity index is 1.91. The largest absolute Gasteiger partial charge is 0.332 e. The lowest BCUT2D eigenvalue weighted by molar-refractivity contribution is -0.131. The highest BCUT2D eigenvalue weighted by atomic mass is 35.5. The maximum atomic E-state index is 13.0. The van der Waals surface area contributed by atoms with Crippen LogP contribution in [-0.2, 0) is 33.5 Å². The van der Waals surface area contributed by atoms with Crippen LogP contribution in [0.15, 0.2) is 49.1 Å². The van der Waals surface area contributed by atoms with Crippen LogP contribution in [0.25, 0.3) is 11.0 Å². The van der Waals surface area contributed by atoms with E-state index in [-0.39, 0.29) is 18.2 Å². The van der Waals surface area contributed by atoms with Crippen molar-refractivity contribution in [2.45, 2.75) is 18.8 Å². The molecule has 6 nitrogen and oxygen atoms in total. The van der Waals surface area contributed by atoms with Gasteiger partial charge in [-0.25, -0.2) is 13.4 Å². The van der Waals surface area contributed by atoms with Gasteiger partial charge in [-0.1, -0.05) is 29.8 Å². The number of hydrogen-bond donors (Lipinski definition) is 0. The number of rotatable bonds is 8. The molecular formula is C19H20ClN3O3S2. The Hall–Kier alpha value is -2.16. The van der Waals surface area contributed by atoms with E-state index in [0.717, 1.165) is 16.6 Å². The average molecular weight is 438 g/mol. The number of thiophene rings is 1. The second-order valence-corrected chi connectivity index (χ2v) is 10.4. The third kappa shape index (κ3) is 5.01. The molecule has 2 aromatic heterocycles. The molecule has 0 saturated heterocycles. The second-order valence-electron chi connectivity index (χ2n) is 6.44. The molecular weight excluding hydrogens is 418 g/mol. The number of sulfone groups is 1. The standard InChI is InChI=1S/C19H20ClN3O3S2/c1-3-10-22(11-14-8-9-17(20)27-14)19(24)12-23-16-7-5-4-6-15(16)21-18(23)13-28(2,25)26/h3-9H,1,10-13H2,2H3. The van der Waals surface area contributed by atoms with Gasteiger partial charge in [0.15, 0.2) is 9.84 Å². The molecule has 0 fully saturated rings. The predicted octanol–water partition coefficient (Wildman–Crippen LogP) is 3.51. The van der Waals surface area contributed by atoms with Crippen molar-refractivity contribution >= 4 is 49.7 Å². The zero-order valence-corrected chi connectivity index (χ0v) is 17.7. The summed E-state index contributed by atoms with van der Waals surface area (Å²) < 4.78 is 26.0. The second kappa shape index (κ2) is 8.46. The Bertz CT molecular complexity index is 1120. The van der Waals surface area contributed by atoms with Crippen molar-refractivity contribution in [3.63, 3.8) is 0 Å². The fourth-order valence-electron chi connectivity index (χ4n) is 2.92.